The highest BCUT2D eigenvalue weighted by atomic mass is 16.2. The SMILES string of the molecule is O=C(Nc1ccccn1)C1CCN(C(=O)C=Cc2ccccc2)CC1. The summed E-state index contributed by atoms with van der Waals surface area (Å²) in [6.07, 6.45) is 6.41. The average molecular weight is 335 g/mol. The van der Waals surface area contributed by atoms with Crippen LogP contribution in [0.2, 0.25) is 0 Å². The van der Waals surface area contributed by atoms with Crippen molar-refractivity contribution in [2.75, 3.05) is 18.4 Å². The number of carbonyl (C=O) groups excluding carboxylic acids is 2. The molecule has 1 aliphatic rings. The second-order valence-electron chi connectivity index (χ2n) is 6.05. The lowest BCUT2D eigenvalue weighted by Crippen LogP contribution is -2.40. The molecule has 2 aromatic rings. The third-order valence-corrected chi connectivity index (χ3v) is 4.31. The van der Waals surface area contributed by atoms with Gasteiger partial charge in [0.2, 0.25) is 11.8 Å². The Labute approximate surface area is 147 Å². The zero-order valence-corrected chi connectivity index (χ0v) is 14.0. The summed E-state index contributed by atoms with van der Waals surface area (Å²) in [6.45, 7) is 1.19. The summed E-state index contributed by atoms with van der Waals surface area (Å²) in [4.78, 5) is 30.5. The molecule has 0 unspecified atom stereocenters. The molecule has 0 spiro atoms. The van der Waals surface area contributed by atoms with E-state index in [4.69, 9.17) is 0 Å². The number of anilines is 1. The Bertz CT molecular complexity index is 736. The highest BCUT2D eigenvalue weighted by molar-refractivity contribution is 5.93. The molecule has 1 aliphatic heterocycles. The van der Waals surface area contributed by atoms with Gasteiger partial charge in [-0.1, -0.05) is 36.4 Å². The first-order valence-corrected chi connectivity index (χ1v) is 8.46. The molecule has 0 radical (unpaired) electrons. The lowest BCUT2D eigenvalue weighted by molar-refractivity contribution is -0.130. The van der Waals surface area contributed by atoms with Crippen LogP contribution in [0.4, 0.5) is 5.82 Å². The first-order valence-electron chi connectivity index (χ1n) is 8.46. The Balaban J connectivity index is 1.49. The van der Waals surface area contributed by atoms with Gasteiger partial charge in [-0.05, 0) is 36.6 Å². The second-order valence-corrected chi connectivity index (χ2v) is 6.05. The van der Waals surface area contributed by atoms with E-state index in [9.17, 15) is 9.59 Å². The number of pyridine rings is 1. The van der Waals surface area contributed by atoms with E-state index in [2.05, 4.69) is 10.3 Å². The Morgan fingerprint density at radius 1 is 1.04 bits per heavy atom. The van der Waals surface area contributed by atoms with Crippen molar-refractivity contribution in [1.29, 1.82) is 0 Å². The van der Waals surface area contributed by atoms with Crippen molar-refractivity contribution in [3.8, 4) is 0 Å². The Morgan fingerprint density at radius 3 is 2.44 bits per heavy atom. The predicted octanol–water partition coefficient (Wildman–Crippen LogP) is 2.97. The smallest absolute Gasteiger partial charge is 0.246 e. The van der Waals surface area contributed by atoms with Crippen LogP contribution in [0.15, 0.2) is 60.8 Å². The zero-order chi connectivity index (χ0) is 17.5. The van der Waals surface area contributed by atoms with Crippen LogP contribution in [0.5, 0.6) is 0 Å². The number of carbonyl (C=O) groups is 2. The molecule has 128 valence electrons. The third kappa shape index (κ3) is 4.76. The number of rotatable bonds is 4. The van der Waals surface area contributed by atoms with Gasteiger partial charge in [0.1, 0.15) is 5.82 Å². The molecular formula is C20H21N3O2. The molecule has 2 amide bonds. The van der Waals surface area contributed by atoms with Gasteiger partial charge in [-0.2, -0.15) is 0 Å². The fraction of sp³-hybridized carbons (Fsp3) is 0.250. The molecule has 1 aromatic heterocycles. The van der Waals surface area contributed by atoms with E-state index in [-0.39, 0.29) is 17.7 Å². The van der Waals surface area contributed by atoms with E-state index in [0.717, 1.165) is 5.56 Å². The minimum absolute atomic E-state index is 0.00700. The first-order chi connectivity index (χ1) is 12.2. The lowest BCUT2D eigenvalue weighted by atomic mass is 9.96. The van der Waals surface area contributed by atoms with Crippen LogP contribution >= 0.6 is 0 Å². The fourth-order valence-corrected chi connectivity index (χ4v) is 2.86. The minimum atomic E-state index is -0.0795. The third-order valence-electron chi connectivity index (χ3n) is 4.31. The van der Waals surface area contributed by atoms with Crippen LogP contribution in [0.3, 0.4) is 0 Å². The molecule has 5 heteroatoms. The van der Waals surface area contributed by atoms with E-state index >= 15 is 0 Å². The monoisotopic (exact) mass is 335 g/mol. The quantitative estimate of drug-likeness (QED) is 0.874. The molecule has 1 aromatic carbocycles. The van der Waals surface area contributed by atoms with E-state index < -0.39 is 0 Å². The zero-order valence-electron chi connectivity index (χ0n) is 14.0. The van der Waals surface area contributed by atoms with Crippen molar-refractivity contribution in [3.05, 3.63) is 66.4 Å². The number of nitrogens with one attached hydrogen (secondary N) is 1. The molecule has 0 aliphatic carbocycles. The van der Waals surface area contributed by atoms with E-state index in [1.165, 1.54) is 0 Å². The summed E-state index contributed by atoms with van der Waals surface area (Å²) in [5.41, 5.74) is 1.00. The van der Waals surface area contributed by atoms with Crippen LogP contribution in [0, 0.1) is 5.92 Å². The molecule has 1 fully saturated rings. The van der Waals surface area contributed by atoms with Gasteiger partial charge >= 0.3 is 0 Å². The summed E-state index contributed by atoms with van der Waals surface area (Å²) < 4.78 is 0. The molecule has 0 atom stereocenters. The molecule has 2 heterocycles. The average Bonchev–Trinajstić information content (AvgIpc) is 2.68. The largest absolute Gasteiger partial charge is 0.339 e. The second kappa shape index (κ2) is 8.24. The van der Waals surface area contributed by atoms with Crippen LogP contribution in [-0.2, 0) is 9.59 Å². The van der Waals surface area contributed by atoms with Gasteiger partial charge in [0, 0.05) is 31.3 Å². The van der Waals surface area contributed by atoms with Crippen molar-refractivity contribution in [2.24, 2.45) is 5.92 Å². The van der Waals surface area contributed by atoms with Gasteiger partial charge in [-0.25, -0.2) is 4.98 Å². The van der Waals surface area contributed by atoms with Crippen LogP contribution in [0.25, 0.3) is 6.08 Å². The highest BCUT2D eigenvalue weighted by Crippen LogP contribution is 2.19. The number of benzene rings is 1. The van der Waals surface area contributed by atoms with Gasteiger partial charge in [-0.3, -0.25) is 9.59 Å². The predicted molar refractivity (Wildman–Crippen MR) is 97.6 cm³/mol. The maximum atomic E-state index is 12.3. The Morgan fingerprint density at radius 2 is 1.76 bits per heavy atom. The van der Waals surface area contributed by atoms with Crippen molar-refractivity contribution < 1.29 is 9.59 Å². The Kier molecular flexibility index (Phi) is 5.57. The van der Waals surface area contributed by atoms with Crippen LogP contribution in [0.1, 0.15) is 18.4 Å². The van der Waals surface area contributed by atoms with Gasteiger partial charge in [-0.15, -0.1) is 0 Å². The number of nitrogens with zero attached hydrogens (tertiary/aromatic N) is 2. The van der Waals surface area contributed by atoms with Gasteiger partial charge in [0.15, 0.2) is 0 Å². The van der Waals surface area contributed by atoms with Crippen molar-refractivity contribution in [2.45, 2.75) is 12.8 Å². The topological polar surface area (TPSA) is 62.3 Å². The number of hydrogen-bond acceptors (Lipinski definition) is 3. The number of aromatic nitrogens is 1. The molecule has 25 heavy (non-hydrogen) atoms. The number of amides is 2. The summed E-state index contributed by atoms with van der Waals surface area (Å²) in [6, 6.07) is 15.2. The van der Waals surface area contributed by atoms with Crippen molar-refractivity contribution >= 4 is 23.7 Å². The molecule has 3 rings (SSSR count). The summed E-state index contributed by atoms with van der Waals surface area (Å²) in [5, 5.41) is 2.83. The van der Waals surface area contributed by atoms with E-state index in [0.29, 0.717) is 31.7 Å². The summed E-state index contributed by atoms with van der Waals surface area (Å²) >= 11 is 0. The van der Waals surface area contributed by atoms with Crippen molar-refractivity contribution in [3.63, 3.8) is 0 Å². The molecule has 0 bridgehead atoms. The normalized spacial score (nSPS) is 15.3. The molecule has 1 N–H and O–H groups in total. The minimum Gasteiger partial charge on any atom is -0.339 e. The molecule has 0 saturated carbocycles. The van der Waals surface area contributed by atoms with Crippen LogP contribution in [-0.4, -0.2) is 34.8 Å². The maximum Gasteiger partial charge on any atom is 0.246 e. The molecule has 1 saturated heterocycles. The van der Waals surface area contributed by atoms with Gasteiger partial charge < -0.3 is 10.2 Å². The highest BCUT2D eigenvalue weighted by Gasteiger charge is 2.26. The summed E-state index contributed by atoms with van der Waals surface area (Å²) in [7, 11) is 0. The van der Waals surface area contributed by atoms with Crippen molar-refractivity contribution in [1.82, 2.24) is 9.88 Å². The maximum absolute atomic E-state index is 12.3. The number of piperidine rings is 1. The van der Waals surface area contributed by atoms with E-state index in [1.807, 2.05) is 48.5 Å². The van der Waals surface area contributed by atoms with Gasteiger partial charge in [0.05, 0.1) is 0 Å². The van der Waals surface area contributed by atoms with Gasteiger partial charge in [0.25, 0.3) is 0 Å². The molecular weight excluding hydrogens is 314 g/mol. The first kappa shape index (κ1) is 16.9. The number of likely N-dealkylation sites (tertiary alicyclic amines) is 1. The molecule has 5 nitrogen and oxygen atoms in total. The Hall–Kier alpha value is -2.95. The van der Waals surface area contributed by atoms with Crippen LogP contribution < -0.4 is 5.32 Å². The number of hydrogen-bond donors (Lipinski definition) is 1. The fourth-order valence-electron chi connectivity index (χ4n) is 2.86. The summed E-state index contributed by atoms with van der Waals surface area (Å²) in [5.74, 6) is 0.457. The standard InChI is InChI=1S/C20H21N3O2/c24-19(10-9-16-6-2-1-3-7-16)23-14-11-17(12-15-23)20(25)22-18-8-4-5-13-21-18/h1-10,13,17H,11-12,14-15H2,(H,21,22,25). The van der Waals surface area contributed by atoms with E-state index in [1.54, 1.807) is 23.2 Å². The lowest BCUT2D eigenvalue weighted by Gasteiger charge is -2.30.